The number of esters is 2. The summed E-state index contributed by atoms with van der Waals surface area (Å²) in [5.41, 5.74) is 2.56. The zero-order valence-corrected chi connectivity index (χ0v) is 16.9. The van der Waals surface area contributed by atoms with Crippen LogP contribution in [0.25, 0.3) is 0 Å². The average Bonchev–Trinajstić information content (AvgIpc) is 2.61. The van der Waals surface area contributed by atoms with E-state index in [1.54, 1.807) is 50.9 Å². The molecule has 7 heteroatoms. The van der Waals surface area contributed by atoms with E-state index in [0.717, 1.165) is 0 Å². The van der Waals surface area contributed by atoms with Gasteiger partial charge < -0.3 is 14.4 Å². The van der Waals surface area contributed by atoms with Crippen molar-refractivity contribution in [1.82, 2.24) is 4.90 Å². The summed E-state index contributed by atoms with van der Waals surface area (Å²) in [4.78, 5) is 27.1. The van der Waals surface area contributed by atoms with Crippen molar-refractivity contribution in [1.29, 1.82) is 0 Å². The van der Waals surface area contributed by atoms with Crippen molar-refractivity contribution in [3.63, 3.8) is 0 Å². The van der Waals surface area contributed by atoms with Crippen LogP contribution in [0.1, 0.15) is 32.3 Å². The molecule has 0 bridgehead atoms. The highest BCUT2D eigenvalue weighted by molar-refractivity contribution is 6.42. The van der Waals surface area contributed by atoms with Gasteiger partial charge in [0, 0.05) is 18.4 Å². The first-order valence-corrected chi connectivity index (χ1v) is 8.86. The summed E-state index contributed by atoms with van der Waals surface area (Å²) >= 11 is 12.6. The van der Waals surface area contributed by atoms with Crippen LogP contribution < -0.4 is 0 Å². The van der Waals surface area contributed by atoms with Crippen LogP contribution in [0.3, 0.4) is 0 Å². The van der Waals surface area contributed by atoms with Crippen molar-refractivity contribution in [3.05, 3.63) is 56.3 Å². The summed E-state index contributed by atoms with van der Waals surface area (Å²) in [5.74, 6) is -1.78. The second-order valence-corrected chi connectivity index (χ2v) is 6.63. The van der Waals surface area contributed by atoms with Gasteiger partial charge in [-0.15, -0.1) is 0 Å². The number of methoxy groups -OCH3 is 1. The van der Waals surface area contributed by atoms with Crippen molar-refractivity contribution in [3.8, 4) is 0 Å². The van der Waals surface area contributed by atoms with E-state index in [9.17, 15) is 9.59 Å². The Labute approximate surface area is 163 Å². The lowest BCUT2D eigenvalue weighted by molar-refractivity contribution is -0.139. The number of carbonyl (C=O) groups is 2. The molecule has 0 saturated heterocycles. The highest BCUT2D eigenvalue weighted by atomic mass is 35.5. The normalized spacial score (nSPS) is 17.5. The number of carbonyl (C=O) groups excluding carboxylic acids is 2. The summed E-state index contributed by atoms with van der Waals surface area (Å²) in [6.45, 7) is 5.54. The van der Waals surface area contributed by atoms with Crippen LogP contribution in [-0.2, 0) is 19.1 Å². The summed E-state index contributed by atoms with van der Waals surface area (Å²) in [6.07, 6.45) is 0. The third kappa shape index (κ3) is 3.46. The molecule has 0 aliphatic carbocycles. The van der Waals surface area contributed by atoms with Gasteiger partial charge in [-0.3, -0.25) is 0 Å². The van der Waals surface area contributed by atoms with E-state index in [1.165, 1.54) is 7.11 Å². The van der Waals surface area contributed by atoms with Crippen molar-refractivity contribution in [2.24, 2.45) is 0 Å². The number of nitrogens with zero attached hydrogens (tertiary/aromatic N) is 1. The van der Waals surface area contributed by atoms with Crippen molar-refractivity contribution in [2.45, 2.75) is 26.7 Å². The molecule has 140 valence electrons. The topological polar surface area (TPSA) is 55.8 Å². The zero-order chi connectivity index (χ0) is 19.6. The molecule has 2 rings (SSSR count). The SMILES string of the molecule is CCOC(=O)C1=C(C)N(C)C(C)=C(C(=O)OC)C1c1cccc(Cl)c1Cl. The minimum atomic E-state index is -0.733. The van der Waals surface area contributed by atoms with Gasteiger partial charge in [0.05, 0.1) is 40.8 Å². The molecule has 0 saturated carbocycles. The van der Waals surface area contributed by atoms with Crippen molar-refractivity contribution in [2.75, 3.05) is 20.8 Å². The molecule has 1 aromatic rings. The quantitative estimate of drug-likeness (QED) is 0.708. The van der Waals surface area contributed by atoms with E-state index in [4.69, 9.17) is 32.7 Å². The van der Waals surface area contributed by atoms with Gasteiger partial charge in [-0.05, 0) is 32.4 Å². The van der Waals surface area contributed by atoms with Crippen LogP contribution in [0.5, 0.6) is 0 Å². The molecule has 0 spiro atoms. The molecule has 1 aromatic carbocycles. The fourth-order valence-electron chi connectivity index (χ4n) is 3.08. The highest BCUT2D eigenvalue weighted by Gasteiger charge is 2.40. The molecule has 1 unspecified atom stereocenters. The molecule has 1 heterocycles. The predicted molar refractivity (Wildman–Crippen MR) is 101 cm³/mol. The molecule has 26 heavy (non-hydrogen) atoms. The van der Waals surface area contributed by atoms with E-state index in [0.29, 0.717) is 33.1 Å². The third-order valence-electron chi connectivity index (χ3n) is 4.56. The average molecular weight is 398 g/mol. The lowest BCUT2D eigenvalue weighted by Crippen LogP contribution is -2.33. The predicted octanol–water partition coefficient (Wildman–Crippen LogP) is 4.31. The largest absolute Gasteiger partial charge is 0.466 e. The van der Waals surface area contributed by atoms with Gasteiger partial charge in [0.1, 0.15) is 0 Å². The van der Waals surface area contributed by atoms with Crippen LogP contribution in [0.15, 0.2) is 40.7 Å². The number of allylic oxidation sites excluding steroid dienone is 2. The Kier molecular flexibility index (Phi) is 6.37. The maximum absolute atomic E-state index is 12.7. The Hall–Kier alpha value is -1.98. The lowest BCUT2D eigenvalue weighted by atomic mass is 9.80. The smallest absolute Gasteiger partial charge is 0.336 e. The van der Waals surface area contributed by atoms with Gasteiger partial charge in [0.25, 0.3) is 0 Å². The summed E-state index contributed by atoms with van der Waals surface area (Å²) < 4.78 is 10.2. The number of hydrogen-bond donors (Lipinski definition) is 0. The van der Waals surface area contributed by atoms with Gasteiger partial charge in [0.2, 0.25) is 0 Å². The first-order valence-electron chi connectivity index (χ1n) is 8.10. The third-order valence-corrected chi connectivity index (χ3v) is 5.39. The minimum Gasteiger partial charge on any atom is -0.466 e. The standard InChI is InChI=1S/C19H21Cl2NO4/c1-6-26-19(24)15-11(3)22(4)10(2)14(18(23)25-5)16(15)12-8-7-9-13(20)17(12)21/h7-9,16H,6H2,1-5H3. The van der Waals surface area contributed by atoms with E-state index < -0.39 is 17.9 Å². The van der Waals surface area contributed by atoms with Crippen LogP contribution in [0.4, 0.5) is 0 Å². The Morgan fingerprint density at radius 2 is 1.69 bits per heavy atom. The van der Waals surface area contributed by atoms with E-state index >= 15 is 0 Å². The Morgan fingerprint density at radius 3 is 2.23 bits per heavy atom. The maximum atomic E-state index is 12.7. The number of hydrogen-bond acceptors (Lipinski definition) is 5. The Morgan fingerprint density at radius 1 is 1.12 bits per heavy atom. The molecule has 0 radical (unpaired) electrons. The fourth-order valence-corrected chi connectivity index (χ4v) is 3.50. The molecule has 0 amide bonds. The first-order chi connectivity index (χ1) is 12.3. The molecule has 1 aliphatic rings. The number of halogens is 2. The van der Waals surface area contributed by atoms with Crippen LogP contribution >= 0.6 is 23.2 Å². The van der Waals surface area contributed by atoms with Gasteiger partial charge >= 0.3 is 11.9 Å². The molecule has 1 atom stereocenters. The van der Waals surface area contributed by atoms with E-state index in [2.05, 4.69) is 0 Å². The second kappa shape index (κ2) is 8.14. The van der Waals surface area contributed by atoms with Gasteiger partial charge in [-0.1, -0.05) is 35.3 Å². The zero-order valence-electron chi connectivity index (χ0n) is 15.4. The molecule has 0 N–H and O–H groups in total. The van der Waals surface area contributed by atoms with Crippen molar-refractivity contribution >= 4 is 35.1 Å². The highest BCUT2D eigenvalue weighted by Crippen LogP contribution is 2.45. The second-order valence-electron chi connectivity index (χ2n) is 5.85. The molecule has 1 aliphatic heterocycles. The van der Waals surface area contributed by atoms with E-state index in [1.807, 2.05) is 0 Å². The minimum absolute atomic E-state index is 0.214. The first kappa shape index (κ1) is 20.3. The number of benzene rings is 1. The summed E-state index contributed by atoms with van der Waals surface area (Å²) in [7, 11) is 3.08. The van der Waals surface area contributed by atoms with E-state index in [-0.39, 0.29) is 11.6 Å². The molecule has 0 fully saturated rings. The van der Waals surface area contributed by atoms with Crippen LogP contribution in [-0.4, -0.2) is 37.6 Å². The van der Waals surface area contributed by atoms with Crippen LogP contribution in [0.2, 0.25) is 10.0 Å². The molecular weight excluding hydrogens is 377 g/mol. The molecule has 5 nitrogen and oxygen atoms in total. The number of rotatable bonds is 4. The van der Waals surface area contributed by atoms with Crippen molar-refractivity contribution < 1.29 is 19.1 Å². The summed E-state index contributed by atoms with van der Waals surface area (Å²) in [5, 5.41) is 0.623. The molecule has 0 aromatic heterocycles. The molecular formula is C19H21Cl2NO4. The van der Waals surface area contributed by atoms with Gasteiger partial charge in [-0.2, -0.15) is 0 Å². The maximum Gasteiger partial charge on any atom is 0.336 e. The van der Waals surface area contributed by atoms with Gasteiger partial charge in [0.15, 0.2) is 0 Å². The number of ether oxygens (including phenoxy) is 2. The fraction of sp³-hybridized carbons (Fsp3) is 0.368. The van der Waals surface area contributed by atoms with Crippen LogP contribution in [0, 0.1) is 0 Å². The Balaban J connectivity index is 2.81. The van der Waals surface area contributed by atoms with Gasteiger partial charge in [-0.25, -0.2) is 9.59 Å². The monoisotopic (exact) mass is 397 g/mol. The summed E-state index contributed by atoms with van der Waals surface area (Å²) in [6, 6.07) is 5.12. The Bertz CT molecular complexity index is 814. The lowest BCUT2D eigenvalue weighted by Gasteiger charge is -2.36.